The maximum absolute atomic E-state index is 12.6. The first kappa shape index (κ1) is 15.0. The molecule has 0 atom stereocenters. The van der Waals surface area contributed by atoms with Gasteiger partial charge in [0.2, 0.25) is 0 Å². The van der Waals surface area contributed by atoms with Crippen LogP contribution in [-0.4, -0.2) is 10.2 Å². The molecule has 0 spiro atoms. The summed E-state index contributed by atoms with van der Waals surface area (Å²) < 4.78 is 0.577. The summed E-state index contributed by atoms with van der Waals surface area (Å²) in [6.07, 6.45) is 2.91. The summed E-state index contributed by atoms with van der Waals surface area (Å²) in [6.45, 7) is 2.12. The Morgan fingerprint density at radius 3 is 2.41 bits per heavy atom. The van der Waals surface area contributed by atoms with Gasteiger partial charge in [0.15, 0.2) is 4.32 Å². The summed E-state index contributed by atoms with van der Waals surface area (Å²) in [5.41, 5.74) is 3.12. The summed E-state index contributed by atoms with van der Waals surface area (Å²) in [7, 11) is 0. The molecule has 0 radical (unpaired) electrons. The molecule has 2 aromatic rings. The molecule has 0 unspecified atom stereocenters. The van der Waals surface area contributed by atoms with Crippen molar-refractivity contribution >= 4 is 46.0 Å². The Labute approximate surface area is 139 Å². The lowest BCUT2D eigenvalue weighted by atomic mass is 10.1. The van der Waals surface area contributed by atoms with Gasteiger partial charge in [-0.05, 0) is 35.8 Å². The molecule has 1 heterocycles. The standard InChI is InChI=1S/C18H15NOS2/c1-2-13-8-10-14(11-9-13)12-16-17(20)19(18(21)22-16)15-6-4-3-5-7-15/h3-12H,2H2,1H3/b16-12-. The normalized spacial score (nSPS) is 16.6. The van der Waals surface area contributed by atoms with E-state index in [1.165, 1.54) is 17.3 Å². The number of para-hydroxylation sites is 1. The monoisotopic (exact) mass is 325 g/mol. The lowest BCUT2D eigenvalue weighted by Crippen LogP contribution is -2.27. The first-order valence-corrected chi connectivity index (χ1v) is 8.33. The highest BCUT2D eigenvalue weighted by molar-refractivity contribution is 8.27. The molecule has 1 aliphatic heterocycles. The van der Waals surface area contributed by atoms with Crippen LogP contribution in [0.4, 0.5) is 5.69 Å². The third-order valence-corrected chi connectivity index (χ3v) is 4.80. The van der Waals surface area contributed by atoms with E-state index in [2.05, 4.69) is 19.1 Å². The summed E-state index contributed by atoms with van der Waals surface area (Å²) in [6, 6.07) is 17.8. The van der Waals surface area contributed by atoms with Gasteiger partial charge in [-0.15, -0.1) is 0 Å². The van der Waals surface area contributed by atoms with Crippen LogP contribution in [0.3, 0.4) is 0 Å². The number of carbonyl (C=O) groups is 1. The van der Waals surface area contributed by atoms with Crippen molar-refractivity contribution in [1.82, 2.24) is 0 Å². The number of benzene rings is 2. The number of rotatable bonds is 3. The highest BCUT2D eigenvalue weighted by Crippen LogP contribution is 2.35. The summed E-state index contributed by atoms with van der Waals surface area (Å²) in [5, 5.41) is 0. The second-order valence-corrected chi connectivity index (χ2v) is 6.62. The Bertz CT molecular complexity index is 735. The lowest BCUT2D eigenvalue weighted by molar-refractivity contribution is -0.113. The smallest absolute Gasteiger partial charge is 0.268 e. The third-order valence-electron chi connectivity index (χ3n) is 3.49. The van der Waals surface area contributed by atoms with E-state index in [-0.39, 0.29) is 5.91 Å². The molecule has 1 aliphatic rings. The van der Waals surface area contributed by atoms with Gasteiger partial charge >= 0.3 is 0 Å². The predicted octanol–water partition coefficient (Wildman–Crippen LogP) is 4.65. The molecule has 0 N–H and O–H groups in total. The fourth-order valence-electron chi connectivity index (χ4n) is 2.27. The average Bonchev–Trinajstić information content (AvgIpc) is 2.83. The SMILES string of the molecule is CCc1ccc(/C=C2\SC(=S)N(c3ccccc3)C2=O)cc1. The van der Waals surface area contributed by atoms with E-state index in [4.69, 9.17) is 12.2 Å². The zero-order chi connectivity index (χ0) is 15.5. The van der Waals surface area contributed by atoms with Gasteiger partial charge < -0.3 is 0 Å². The summed E-state index contributed by atoms with van der Waals surface area (Å²) in [4.78, 5) is 14.8. The Kier molecular flexibility index (Phi) is 4.41. The van der Waals surface area contributed by atoms with Crippen molar-refractivity contribution in [2.45, 2.75) is 13.3 Å². The number of carbonyl (C=O) groups excluding carboxylic acids is 1. The number of amides is 1. The molecular formula is C18H15NOS2. The molecule has 3 rings (SSSR count). The molecule has 0 saturated carbocycles. The molecule has 4 heteroatoms. The van der Waals surface area contributed by atoms with Gasteiger partial charge in [-0.25, -0.2) is 0 Å². The highest BCUT2D eigenvalue weighted by atomic mass is 32.2. The van der Waals surface area contributed by atoms with Crippen LogP contribution in [0.2, 0.25) is 0 Å². The van der Waals surface area contributed by atoms with Crippen LogP contribution in [0.5, 0.6) is 0 Å². The van der Waals surface area contributed by atoms with Crippen molar-refractivity contribution < 1.29 is 4.79 Å². The van der Waals surface area contributed by atoms with Crippen LogP contribution in [-0.2, 0) is 11.2 Å². The molecule has 110 valence electrons. The van der Waals surface area contributed by atoms with Gasteiger partial charge in [-0.1, -0.05) is 73.4 Å². The molecule has 0 aromatic heterocycles. The second kappa shape index (κ2) is 6.46. The van der Waals surface area contributed by atoms with Gasteiger partial charge in [0.05, 0.1) is 10.6 Å². The molecule has 2 nitrogen and oxygen atoms in total. The number of hydrogen-bond acceptors (Lipinski definition) is 3. The van der Waals surface area contributed by atoms with Gasteiger partial charge in [0, 0.05) is 0 Å². The molecule has 2 aromatic carbocycles. The first-order valence-electron chi connectivity index (χ1n) is 7.11. The van der Waals surface area contributed by atoms with E-state index < -0.39 is 0 Å². The Balaban J connectivity index is 1.88. The quantitative estimate of drug-likeness (QED) is 0.605. The average molecular weight is 325 g/mol. The second-order valence-electron chi connectivity index (χ2n) is 4.95. The van der Waals surface area contributed by atoms with Crippen molar-refractivity contribution in [3.8, 4) is 0 Å². The zero-order valence-electron chi connectivity index (χ0n) is 12.2. The van der Waals surface area contributed by atoms with Gasteiger partial charge in [0.1, 0.15) is 0 Å². The molecule has 1 saturated heterocycles. The molecule has 1 amide bonds. The third kappa shape index (κ3) is 2.98. The fourth-order valence-corrected chi connectivity index (χ4v) is 3.57. The van der Waals surface area contributed by atoms with Crippen molar-refractivity contribution in [2.24, 2.45) is 0 Å². The Hall–Kier alpha value is -1.91. The number of anilines is 1. The van der Waals surface area contributed by atoms with E-state index >= 15 is 0 Å². The topological polar surface area (TPSA) is 20.3 Å². The van der Waals surface area contributed by atoms with Crippen molar-refractivity contribution in [3.63, 3.8) is 0 Å². The van der Waals surface area contributed by atoms with Gasteiger partial charge in [0.25, 0.3) is 5.91 Å². The molecular weight excluding hydrogens is 310 g/mol. The van der Waals surface area contributed by atoms with Crippen LogP contribution in [0, 0.1) is 0 Å². The molecule has 0 aliphatic carbocycles. The van der Waals surface area contributed by atoms with E-state index in [0.29, 0.717) is 9.23 Å². The number of nitrogens with zero attached hydrogens (tertiary/aromatic N) is 1. The van der Waals surface area contributed by atoms with Crippen molar-refractivity contribution in [3.05, 3.63) is 70.6 Å². The number of thiocarbonyl (C=S) groups is 1. The van der Waals surface area contributed by atoms with E-state index in [0.717, 1.165) is 17.7 Å². The largest absolute Gasteiger partial charge is 0.270 e. The minimum Gasteiger partial charge on any atom is -0.268 e. The van der Waals surface area contributed by atoms with E-state index in [9.17, 15) is 4.79 Å². The molecule has 1 fully saturated rings. The van der Waals surface area contributed by atoms with Crippen LogP contribution < -0.4 is 4.90 Å². The summed E-state index contributed by atoms with van der Waals surface area (Å²) in [5.74, 6) is -0.0548. The minimum absolute atomic E-state index is 0.0548. The van der Waals surface area contributed by atoms with Crippen molar-refractivity contribution in [1.29, 1.82) is 0 Å². The van der Waals surface area contributed by atoms with E-state index in [1.54, 1.807) is 4.90 Å². The van der Waals surface area contributed by atoms with Crippen LogP contribution in [0.15, 0.2) is 59.5 Å². The van der Waals surface area contributed by atoms with Crippen LogP contribution in [0.25, 0.3) is 6.08 Å². The number of hydrogen-bond donors (Lipinski definition) is 0. The maximum atomic E-state index is 12.6. The number of thioether (sulfide) groups is 1. The minimum atomic E-state index is -0.0548. The highest BCUT2D eigenvalue weighted by Gasteiger charge is 2.33. The first-order chi connectivity index (χ1) is 10.7. The van der Waals surface area contributed by atoms with Gasteiger partial charge in [-0.2, -0.15) is 0 Å². The van der Waals surface area contributed by atoms with Crippen LogP contribution in [0.1, 0.15) is 18.1 Å². The molecule has 22 heavy (non-hydrogen) atoms. The predicted molar refractivity (Wildman–Crippen MR) is 97.9 cm³/mol. The Morgan fingerprint density at radius 2 is 1.77 bits per heavy atom. The van der Waals surface area contributed by atoms with Crippen molar-refractivity contribution in [2.75, 3.05) is 4.90 Å². The molecule has 0 bridgehead atoms. The van der Waals surface area contributed by atoms with Crippen LogP contribution >= 0.6 is 24.0 Å². The zero-order valence-corrected chi connectivity index (χ0v) is 13.8. The Morgan fingerprint density at radius 1 is 1.09 bits per heavy atom. The van der Waals surface area contributed by atoms with E-state index in [1.807, 2.05) is 48.5 Å². The fraction of sp³-hybridized carbons (Fsp3) is 0.111. The lowest BCUT2D eigenvalue weighted by Gasteiger charge is -2.13. The maximum Gasteiger partial charge on any atom is 0.270 e. The summed E-state index contributed by atoms with van der Waals surface area (Å²) >= 11 is 6.71. The number of aryl methyl sites for hydroxylation is 1. The van der Waals surface area contributed by atoms with Gasteiger partial charge in [-0.3, -0.25) is 9.69 Å².